The second-order valence-electron chi connectivity index (χ2n) is 4.99. The molecule has 0 aromatic rings. The average molecular weight is 238 g/mol. The van der Waals surface area contributed by atoms with Crippen molar-refractivity contribution in [2.24, 2.45) is 11.7 Å². The lowest BCUT2D eigenvalue weighted by atomic mass is 10.0. The summed E-state index contributed by atoms with van der Waals surface area (Å²) in [6.07, 6.45) is -1.17. The van der Waals surface area contributed by atoms with E-state index in [4.69, 9.17) is 5.73 Å². The first-order valence-electron chi connectivity index (χ1n) is 5.86. The molecule has 1 saturated carbocycles. The molecular formula is C11H21F3N2. The van der Waals surface area contributed by atoms with Gasteiger partial charge >= 0.3 is 6.18 Å². The van der Waals surface area contributed by atoms with E-state index in [0.29, 0.717) is 6.54 Å². The third-order valence-electron chi connectivity index (χ3n) is 3.30. The third-order valence-corrected chi connectivity index (χ3v) is 3.30. The molecule has 96 valence electrons. The van der Waals surface area contributed by atoms with Crippen LogP contribution >= 0.6 is 0 Å². The van der Waals surface area contributed by atoms with Gasteiger partial charge in [0.2, 0.25) is 0 Å². The molecule has 1 fully saturated rings. The molecule has 0 aromatic carbocycles. The van der Waals surface area contributed by atoms with Crippen LogP contribution in [-0.4, -0.2) is 36.2 Å². The van der Waals surface area contributed by atoms with Crippen LogP contribution in [0.25, 0.3) is 0 Å². The van der Waals surface area contributed by atoms with Crippen molar-refractivity contribution < 1.29 is 13.2 Å². The Bertz CT molecular complexity index is 216. The number of alkyl halides is 3. The molecule has 2 atom stereocenters. The van der Waals surface area contributed by atoms with Crippen LogP contribution in [0.4, 0.5) is 13.2 Å². The molecule has 0 aliphatic heterocycles. The summed E-state index contributed by atoms with van der Waals surface area (Å²) in [4.78, 5) is 1.48. The maximum absolute atomic E-state index is 12.4. The fourth-order valence-corrected chi connectivity index (χ4v) is 2.28. The highest BCUT2D eigenvalue weighted by molar-refractivity contribution is 4.84. The lowest BCUT2D eigenvalue weighted by molar-refractivity contribution is -0.151. The van der Waals surface area contributed by atoms with Gasteiger partial charge < -0.3 is 5.73 Å². The van der Waals surface area contributed by atoms with Gasteiger partial charge in [-0.1, -0.05) is 6.42 Å². The van der Waals surface area contributed by atoms with E-state index in [-0.39, 0.29) is 18.0 Å². The average Bonchev–Trinajstić information content (AvgIpc) is 2.48. The number of rotatable bonds is 4. The van der Waals surface area contributed by atoms with Crippen molar-refractivity contribution in [2.75, 3.05) is 13.1 Å². The molecule has 0 spiro atoms. The van der Waals surface area contributed by atoms with Gasteiger partial charge in [-0.3, -0.25) is 4.90 Å². The smallest absolute Gasteiger partial charge is 0.327 e. The second-order valence-corrected chi connectivity index (χ2v) is 4.99. The zero-order valence-electron chi connectivity index (χ0n) is 9.93. The topological polar surface area (TPSA) is 29.3 Å². The molecule has 1 rings (SSSR count). The fourth-order valence-electron chi connectivity index (χ4n) is 2.28. The van der Waals surface area contributed by atoms with E-state index in [1.807, 2.05) is 0 Å². The Balaban J connectivity index is 2.51. The third kappa shape index (κ3) is 4.29. The Labute approximate surface area is 95.0 Å². The molecule has 0 radical (unpaired) electrons. The van der Waals surface area contributed by atoms with E-state index in [0.717, 1.165) is 19.3 Å². The Morgan fingerprint density at radius 1 is 1.31 bits per heavy atom. The molecular weight excluding hydrogens is 217 g/mol. The SMILES string of the molecule is CC(C)N(CC1CCCC1N)CC(F)(F)F. The van der Waals surface area contributed by atoms with Crippen molar-refractivity contribution >= 4 is 0 Å². The number of nitrogens with two attached hydrogens (primary N) is 1. The molecule has 0 amide bonds. The van der Waals surface area contributed by atoms with Gasteiger partial charge in [0.1, 0.15) is 0 Å². The summed E-state index contributed by atoms with van der Waals surface area (Å²) in [5.74, 6) is 0.227. The summed E-state index contributed by atoms with van der Waals surface area (Å²) in [5, 5.41) is 0. The normalized spacial score (nSPS) is 27.0. The standard InChI is InChI=1S/C11H21F3N2/c1-8(2)16(7-11(12,13)14)6-9-4-3-5-10(9)15/h8-10H,3-7,15H2,1-2H3. The molecule has 0 heterocycles. The molecule has 0 saturated heterocycles. The maximum Gasteiger partial charge on any atom is 0.401 e. The highest BCUT2D eigenvalue weighted by Gasteiger charge is 2.34. The van der Waals surface area contributed by atoms with Crippen LogP contribution in [0, 0.1) is 5.92 Å². The van der Waals surface area contributed by atoms with Crippen molar-refractivity contribution in [1.29, 1.82) is 0 Å². The van der Waals surface area contributed by atoms with Crippen LogP contribution in [-0.2, 0) is 0 Å². The zero-order valence-corrected chi connectivity index (χ0v) is 9.93. The van der Waals surface area contributed by atoms with E-state index in [2.05, 4.69) is 0 Å². The van der Waals surface area contributed by atoms with E-state index >= 15 is 0 Å². The molecule has 1 aliphatic rings. The summed E-state index contributed by atoms with van der Waals surface area (Å²) in [6.45, 7) is 3.24. The van der Waals surface area contributed by atoms with E-state index in [9.17, 15) is 13.2 Å². The van der Waals surface area contributed by atoms with Crippen LogP contribution in [0.3, 0.4) is 0 Å². The molecule has 5 heteroatoms. The molecule has 2 nitrogen and oxygen atoms in total. The Morgan fingerprint density at radius 3 is 2.31 bits per heavy atom. The Hall–Kier alpha value is -0.290. The fraction of sp³-hybridized carbons (Fsp3) is 1.00. The first-order chi connectivity index (χ1) is 7.29. The minimum atomic E-state index is -4.12. The molecule has 0 aromatic heterocycles. The summed E-state index contributed by atoms with van der Waals surface area (Å²) >= 11 is 0. The van der Waals surface area contributed by atoms with E-state index in [1.165, 1.54) is 4.90 Å². The van der Waals surface area contributed by atoms with E-state index < -0.39 is 12.7 Å². The van der Waals surface area contributed by atoms with Gasteiger partial charge in [-0.15, -0.1) is 0 Å². The van der Waals surface area contributed by atoms with Crippen LogP contribution in [0.1, 0.15) is 33.1 Å². The van der Waals surface area contributed by atoms with Gasteiger partial charge in [-0.05, 0) is 32.6 Å². The van der Waals surface area contributed by atoms with Gasteiger partial charge in [0.15, 0.2) is 0 Å². The predicted octanol–water partition coefficient (Wildman–Crippen LogP) is 2.39. The van der Waals surface area contributed by atoms with Gasteiger partial charge in [-0.25, -0.2) is 0 Å². The summed E-state index contributed by atoms with van der Waals surface area (Å²) < 4.78 is 37.1. The number of nitrogens with zero attached hydrogens (tertiary/aromatic N) is 1. The minimum absolute atomic E-state index is 0.0782. The molecule has 0 bridgehead atoms. The summed E-state index contributed by atoms with van der Waals surface area (Å²) in [5.41, 5.74) is 5.88. The van der Waals surface area contributed by atoms with Crippen molar-refractivity contribution in [1.82, 2.24) is 4.90 Å². The van der Waals surface area contributed by atoms with Crippen molar-refractivity contribution in [3.63, 3.8) is 0 Å². The Kier molecular flexibility index (Phi) is 4.62. The summed E-state index contributed by atoms with van der Waals surface area (Å²) in [7, 11) is 0. The van der Waals surface area contributed by atoms with Crippen LogP contribution in [0.15, 0.2) is 0 Å². The van der Waals surface area contributed by atoms with Gasteiger partial charge in [0.05, 0.1) is 6.54 Å². The van der Waals surface area contributed by atoms with Gasteiger partial charge in [0, 0.05) is 18.6 Å². The number of halogens is 3. The highest BCUT2D eigenvalue weighted by atomic mass is 19.4. The predicted molar refractivity (Wildman–Crippen MR) is 58.1 cm³/mol. The lowest BCUT2D eigenvalue weighted by Crippen LogP contribution is -2.44. The van der Waals surface area contributed by atoms with Crippen LogP contribution < -0.4 is 5.73 Å². The number of hydrogen-bond donors (Lipinski definition) is 1. The second kappa shape index (κ2) is 5.36. The highest BCUT2D eigenvalue weighted by Crippen LogP contribution is 2.27. The van der Waals surface area contributed by atoms with Gasteiger partial charge in [-0.2, -0.15) is 13.2 Å². The first kappa shape index (κ1) is 13.8. The minimum Gasteiger partial charge on any atom is -0.327 e. The lowest BCUT2D eigenvalue weighted by Gasteiger charge is -2.31. The largest absolute Gasteiger partial charge is 0.401 e. The zero-order chi connectivity index (χ0) is 12.3. The first-order valence-corrected chi connectivity index (χ1v) is 5.86. The van der Waals surface area contributed by atoms with Crippen LogP contribution in [0.2, 0.25) is 0 Å². The molecule has 2 unspecified atom stereocenters. The molecule has 16 heavy (non-hydrogen) atoms. The molecule has 1 aliphatic carbocycles. The van der Waals surface area contributed by atoms with Crippen LogP contribution in [0.5, 0.6) is 0 Å². The quantitative estimate of drug-likeness (QED) is 0.814. The van der Waals surface area contributed by atoms with Crippen molar-refractivity contribution in [2.45, 2.75) is 51.4 Å². The van der Waals surface area contributed by atoms with E-state index in [1.54, 1.807) is 13.8 Å². The monoisotopic (exact) mass is 238 g/mol. The van der Waals surface area contributed by atoms with Gasteiger partial charge in [0.25, 0.3) is 0 Å². The van der Waals surface area contributed by atoms with Crippen molar-refractivity contribution in [3.8, 4) is 0 Å². The molecule has 2 N–H and O–H groups in total. The Morgan fingerprint density at radius 2 is 1.94 bits per heavy atom. The van der Waals surface area contributed by atoms with Crippen molar-refractivity contribution in [3.05, 3.63) is 0 Å². The summed E-state index contributed by atoms with van der Waals surface area (Å²) in [6, 6.07) is -0.0103. The number of hydrogen-bond acceptors (Lipinski definition) is 2. The maximum atomic E-state index is 12.4.